The van der Waals surface area contributed by atoms with Crippen LogP contribution >= 0.6 is 0 Å². The Balaban J connectivity index is 1.55. The summed E-state index contributed by atoms with van der Waals surface area (Å²) in [6.45, 7) is 3.66. The maximum absolute atomic E-state index is 11.7. The van der Waals surface area contributed by atoms with Crippen molar-refractivity contribution >= 4 is 10.0 Å². The third-order valence-electron chi connectivity index (χ3n) is 6.65. The molecule has 6 heteroatoms. The topological polar surface area (TPSA) is 61.4 Å². The molecule has 4 atom stereocenters. The lowest BCUT2D eigenvalue weighted by atomic mass is 9.69. The van der Waals surface area contributed by atoms with E-state index in [0.717, 1.165) is 24.2 Å². The molecule has 4 unspecified atom stereocenters. The van der Waals surface area contributed by atoms with Gasteiger partial charge in [0.1, 0.15) is 0 Å². The quantitative estimate of drug-likeness (QED) is 0.789. The molecule has 1 saturated carbocycles. The van der Waals surface area contributed by atoms with Gasteiger partial charge in [-0.25, -0.2) is 13.1 Å². The van der Waals surface area contributed by atoms with Crippen LogP contribution in [0.4, 0.5) is 0 Å². The predicted molar refractivity (Wildman–Crippen MR) is 93.8 cm³/mol. The van der Waals surface area contributed by atoms with E-state index in [2.05, 4.69) is 22.0 Å². The van der Waals surface area contributed by atoms with Gasteiger partial charge in [-0.1, -0.05) is 0 Å². The summed E-state index contributed by atoms with van der Waals surface area (Å²) in [5.41, 5.74) is 0. The van der Waals surface area contributed by atoms with E-state index in [9.17, 15) is 8.42 Å². The number of hydrogen-bond acceptors (Lipinski definition) is 4. The van der Waals surface area contributed by atoms with Crippen LogP contribution < -0.4 is 10.0 Å². The molecule has 5 nitrogen and oxygen atoms in total. The summed E-state index contributed by atoms with van der Waals surface area (Å²) < 4.78 is 25.8. The molecule has 1 aliphatic carbocycles. The summed E-state index contributed by atoms with van der Waals surface area (Å²) >= 11 is 0. The fraction of sp³-hybridized carbons (Fsp3) is 1.00. The Bertz CT molecular complexity index is 488. The highest BCUT2D eigenvalue weighted by atomic mass is 32.2. The number of hydrogen-bond donors (Lipinski definition) is 2. The first kappa shape index (κ1) is 17.6. The van der Waals surface area contributed by atoms with Crippen LogP contribution in [-0.4, -0.2) is 58.8 Å². The van der Waals surface area contributed by atoms with Gasteiger partial charge < -0.3 is 10.2 Å². The van der Waals surface area contributed by atoms with Crippen LogP contribution in [0.15, 0.2) is 0 Å². The minimum atomic E-state index is -3.05. The minimum Gasteiger partial charge on any atom is -0.313 e. The van der Waals surface area contributed by atoms with Crippen molar-refractivity contribution in [3.63, 3.8) is 0 Å². The van der Waals surface area contributed by atoms with Crippen molar-refractivity contribution in [2.45, 2.75) is 44.6 Å². The van der Waals surface area contributed by atoms with E-state index in [1.807, 2.05) is 0 Å². The molecule has 0 aromatic carbocycles. The molecule has 2 aliphatic heterocycles. The normalized spacial score (nSPS) is 37.0. The molecule has 3 fully saturated rings. The summed E-state index contributed by atoms with van der Waals surface area (Å²) in [4.78, 5) is 2.45. The number of likely N-dealkylation sites (tertiary alicyclic amines) is 1. The number of piperidine rings is 1. The minimum absolute atomic E-state index is 0.290. The van der Waals surface area contributed by atoms with Gasteiger partial charge in [0.2, 0.25) is 10.0 Å². The number of sulfonamides is 1. The van der Waals surface area contributed by atoms with Crippen LogP contribution in [0.25, 0.3) is 0 Å². The van der Waals surface area contributed by atoms with E-state index in [1.165, 1.54) is 58.8 Å². The Kier molecular flexibility index (Phi) is 5.66. The molecule has 23 heavy (non-hydrogen) atoms. The maximum Gasteiger partial charge on any atom is 0.211 e. The Morgan fingerprint density at radius 2 is 1.87 bits per heavy atom. The van der Waals surface area contributed by atoms with Crippen molar-refractivity contribution in [1.82, 2.24) is 14.9 Å². The van der Waals surface area contributed by atoms with Gasteiger partial charge in [-0.2, -0.15) is 0 Å². The summed E-state index contributed by atoms with van der Waals surface area (Å²) in [5, 5.41) is 3.78. The molecule has 3 aliphatic rings. The second kappa shape index (κ2) is 7.38. The van der Waals surface area contributed by atoms with Crippen molar-refractivity contribution in [1.29, 1.82) is 0 Å². The lowest BCUT2D eigenvalue weighted by Gasteiger charge is -2.39. The lowest BCUT2D eigenvalue weighted by molar-refractivity contribution is 0.121. The second-order valence-corrected chi connectivity index (χ2v) is 10.0. The molecule has 134 valence electrons. The van der Waals surface area contributed by atoms with Crippen molar-refractivity contribution in [3.8, 4) is 0 Å². The van der Waals surface area contributed by atoms with Gasteiger partial charge in [-0.05, 0) is 95.9 Å². The van der Waals surface area contributed by atoms with Crippen molar-refractivity contribution in [2.75, 3.05) is 39.5 Å². The van der Waals surface area contributed by atoms with Crippen LogP contribution in [-0.2, 0) is 10.0 Å². The summed E-state index contributed by atoms with van der Waals surface area (Å²) in [6, 6.07) is 0.691. The largest absolute Gasteiger partial charge is 0.313 e. The molecule has 0 aromatic heterocycles. The summed E-state index contributed by atoms with van der Waals surface area (Å²) in [6.07, 6.45) is 7.15. The van der Waals surface area contributed by atoms with Crippen LogP contribution in [0.2, 0.25) is 0 Å². The summed E-state index contributed by atoms with van der Waals surface area (Å²) in [5.74, 6) is 3.34. The van der Waals surface area contributed by atoms with Crippen LogP contribution in [0, 0.1) is 23.7 Å². The van der Waals surface area contributed by atoms with Crippen molar-refractivity contribution in [2.24, 2.45) is 23.7 Å². The van der Waals surface area contributed by atoms with Gasteiger partial charge in [0.15, 0.2) is 0 Å². The smallest absolute Gasteiger partial charge is 0.211 e. The molecular formula is C17H33N3O2S. The first-order valence-electron chi connectivity index (χ1n) is 9.31. The maximum atomic E-state index is 11.7. The van der Waals surface area contributed by atoms with Gasteiger partial charge in [0.25, 0.3) is 0 Å². The monoisotopic (exact) mass is 343 g/mol. The average molecular weight is 344 g/mol. The summed E-state index contributed by atoms with van der Waals surface area (Å²) in [7, 11) is 0.692. The van der Waals surface area contributed by atoms with Gasteiger partial charge >= 0.3 is 0 Å². The Morgan fingerprint density at radius 1 is 1.13 bits per heavy atom. The first-order valence-corrected chi connectivity index (χ1v) is 11.0. The average Bonchev–Trinajstić information content (AvgIpc) is 2.97. The fourth-order valence-corrected chi connectivity index (χ4v) is 5.97. The molecule has 0 radical (unpaired) electrons. The van der Waals surface area contributed by atoms with Gasteiger partial charge in [-0.15, -0.1) is 0 Å². The molecule has 3 rings (SSSR count). The standard InChI is InChI=1S/C17H33N3O2S/c1-18-23(21,22)10-7-13-3-4-17-15(11-13)16(12-19-17)14-5-8-20(2)9-6-14/h13-19H,3-12H2,1-2H3. The van der Waals surface area contributed by atoms with E-state index in [1.54, 1.807) is 0 Å². The molecule has 2 N–H and O–H groups in total. The molecule has 2 saturated heterocycles. The number of fused-ring (bicyclic) bond motifs is 1. The molecule has 0 spiro atoms. The highest BCUT2D eigenvalue weighted by molar-refractivity contribution is 7.89. The number of nitrogens with zero attached hydrogens (tertiary/aromatic N) is 1. The molecule has 2 heterocycles. The Morgan fingerprint density at radius 3 is 2.57 bits per heavy atom. The van der Waals surface area contributed by atoms with E-state index < -0.39 is 10.0 Å². The highest BCUT2D eigenvalue weighted by Crippen LogP contribution is 2.43. The van der Waals surface area contributed by atoms with E-state index >= 15 is 0 Å². The molecule has 0 amide bonds. The molecule has 0 bridgehead atoms. The van der Waals surface area contributed by atoms with E-state index in [0.29, 0.717) is 12.0 Å². The molecular weight excluding hydrogens is 310 g/mol. The van der Waals surface area contributed by atoms with E-state index in [4.69, 9.17) is 0 Å². The Labute approximate surface area is 141 Å². The van der Waals surface area contributed by atoms with E-state index in [-0.39, 0.29) is 5.75 Å². The van der Waals surface area contributed by atoms with Gasteiger partial charge in [-0.3, -0.25) is 0 Å². The third kappa shape index (κ3) is 4.27. The van der Waals surface area contributed by atoms with Crippen molar-refractivity contribution in [3.05, 3.63) is 0 Å². The number of rotatable bonds is 5. The zero-order valence-corrected chi connectivity index (χ0v) is 15.4. The Hall–Kier alpha value is -0.170. The third-order valence-corrected chi connectivity index (χ3v) is 8.04. The number of nitrogens with one attached hydrogen (secondary N) is 2. The van der Waals surface area contributed by atoms with Crippen LogP contribution in [0.1, 0.15) is 38.5 Å². The van der Waals surface area contributed by atoms with Crippen LogP contribution in [0.5, 0.6) is 0 Å². The van der Waals surface area contributed by atoms with Crippen LogP contribution in [0.3, 0.4) is 0 Å². The van der Waals surface area contributed by atoms with Gasteiger partial charge in [0.05, 0.1) is 5.75 Å². The zero-order valence-electron chi connectivity index (χ0n) is 14.6. The molecule has 0 aromatic rings. The van der Waals surface area contributed by atoms with Gasteiger partial charge in [0, 0.05) is 6.04 Å². The first-order chi connectivity index (χ1) is 11.0. The SMILES string of the molecule is CNS(=O)(=O)CCC1CCC2NCC(C3CCN(C)CC3)C2C1. The predicted octanol–water partition coefficient (Wildman–Crippen LogP) is 1.27. The fourth-order valence-electron chi connectivity index (χ4n) is 5.12. The highest BCUT2D eigenvalue weighted by Gasteiger charge is 2.43. The lowest BCUT2D eigenvalue weighted by Crippen LogP contribution is -2.38. The van der Waals surface area contributed by atoms with Crippen molar-refractivity contribution < 1.29 is 8.42 Å². The second-order valence-electron chi connectivity index (χ2n) is 7.97. The zero-order chi connectivity index (χ0) is 16.4.